The molecule has 92 valence electrons. The van der Waals surface area contributed by atoms with E-state index >= 15 is 0 Å². The van der Waals surface area contributed by atoms with Gasteiger partial charge in [-0.1, -0.05) is 6.92 Å². The fourth-order valence-electron chi connectivity index (χ4n) is 0.811. The normalized spacial score (nSPS) is 13.1. The van der Waals surface area contributed by atoms with Crippen molar-refractivity contribution in [2.45, 2.75) is 25.5 Å². The van der Waals surface area contributed by atoms with Crippen LogP contribution in [0.3, 0.4) is 0 Å². The maximum absolute atomic E-state index is 11.5. The van der Waals surface area contributed by atoms with Crippen molar-refractivity contribution in [3.05, 3.63) is 0 Å². The van der Waals surface area contributed by atoms with E-state index in [4.69, 9.17) is 0 Å². The first-order chi connectivity index (χ1) is 6.83. The Morgan fingerprint density at radius 2 is 1.93 bits per heavy atom. The standard InChI is InChI=1S/C9H22N2O2S2/c1-5-10-6-7-15(12,13)11-8-9(2,3)14-4/h10-11H,5-8H2,1-4H3. The van der Waals surface area contributed by atoms with Gasteiger partial charge in [0.25, 0.3) is 0 Å². The van der Waals surface area contributed by atoms with Crippen LogP contribution in [-0.2, 0) is 10.0 Å². The van der Waals surface area contributed by atoms with Gasteiger partial charge in [-0.15, -0.1) is 0 Å². The van der Waals surface area contributed by atoms with Crippen LogP contribution in [0.1, 0.15) is 20.8 Å². The first kappa shape index (κ1) is 15.2. The van der Waals surface area contributed by atoms with Gasteiger partial charge in [0.1, 0.15) is 0 Å². The van der Waals surface area contributed by atoms with Crippen molar-refractivity contribution < 1.29 is 8.42 Å². The number of thioether (sulfide) groups is 1. The molecule has 0 aliphatic rings. The summed E-state index contributed by atoms with van der Waals surface area (Å²) in [5.74, 6) is 0.144. The molecule has 0 saturated carbocycles. The Labute approximate surface area is 97.6 Å². The molecule has 0 heterocycles. The Hall–Kier alpha value is 0.220. The molecule has 4 nitrogen and oxygen atoms in total. The molecule has 0 unspecified atom stereocenters. The van der Waals surface area contributed by atoms with E-state index < -0.39 is 10.0 Å². The van der Waals surface area contributed by atoms with Gasteiger partial charge in [-0.2, -0.15) is 11.8 Å². The molecule has 0 saturated heterocycles. The van der Waals surface area contributed by atoms with Gasteiger partial charge < -0.3 is 5.32 Å². The Morgan fingerprint density at radius 1 is 1.33 bits per heavy atom. The Balaban J connectivity index is 3.94. The lowest BCUT2D eigenvalue weighted by atomic mass is 10.2. The Morgan fingerprint density at radius 3 is 2.40 bits per heavy atom. The molecule has 0 amide bonds. The number of hydrogen-bond donors (Lipinski definition) is 2. The maximum atomic E-state index is 11.5. The molecule has 2 N–H and O–H groups in total. The van der Waals surface area contributed by atoms with Gasteiger partial charge in [-0.25, -0.2) is 13.1 Å². The number of rotatable bonds is 8. The van der Waals surface area contributed by atoms with Crippen LogP contribution in [0, 0.1) is 0 Å². The molecule has 0 rings (SSSR count). The van der Waals surface area contributed by atoms with E-state index in [-0.39, 0.29) is 10.5 Å². The predicted molar refractivity (Wildman–Crippen MR) is 67.9 cm³/mol. The van der Waals surface area contributed by atoms with Gasteiger partial charge in [0.05, 0.1) is 5.75 Å². The summed E-state index contributed by atoms with van der Waals surface area (Å²) in [5, 5.41) is 2.99. The minimum atomic E-state index is -3.12. The van der Waals surface area contributed by atoms with E-state index in [0.29, 0.717) is 13.1 Å². The van der Waals surface area contributed by atoms with Gasteiger partial charge in [-0.05, 0) is 26.6 Å². The molecule has 0 aromatic carbocycles. The van der Waals surface area contributed by atoms with Crippen LogP contribution in [-0.4, -0.2) is 44.8 Å². The van der Waals surface area contributed by atoms with Gasteiger partial charge >= 0.3 is 0 Å². The molecule has 0 aromatic heterocycles. The third-order valence-electron chi connectivity index (χ3n) is 2.07. The summed E-state index contributed by atoms with van der Waals surface area (Å²) in [5.41, 5.74) is 0. The Bertz CT molecular complexity index is 263. The largest absolute Gasteiger partial charge is 0.316 e. The number of sulfonamides is 1. The molecule has 0 atom stereocenters. The summed E-state index contributed by atoms with van der Waals surface area (Å²) < 4.78 is 25.6. The lowest BCUT2D eigenvalue weighted by Crippen LogP contribution is -2.39. The van der Waals surface area contributed by atoms with Gasteiger partial charge in [0.15, 0.2) is 0 Å². The highest BCUT2D eigenvalue weighted by atomic mass is 32.2. The summed E-state index contributed by atoms with van der Waals surface area (Å²) in [7, 11) is -3.12. The molecule has 0 fully saturated rings. The zero-order valence-electron chi connectivity index (χ0n) is 9.96. The highest BCUT2D eigenvalue weighted by Gasteiger charge is 2.19. The van der Waals surface area contributed by atoms with Crippen molar-refractivity contribution in [2.75, 3.05) is 31.6 Å². The molecular formula is C9H22N2O2S2. The van der Waals surface area contributed by atoms with E-state index in [1.807, 2.05) is 27.0 Å². The smallest absolute Gasteiger partial charge is 0.212 e. The molecule has 0 bridgehead atoms. The Kier molecular flexibility index (Phi) is 6.83. The molecule has 15 heavy (non-hydrogen) atoms. The second kappa shape index (κ2) is 6.73. The monoisotopic (exact) mass is 254 g/mol. The summed E-state index contributed by atoms with van der Waals surface area (Å²) in [4.78, 5) is 0. The SMILES string of the molecule is CCNCCS(=O)(=O)NCC(C)(C)SC. The van der Waals surface area contributed by atoms with Crippen molar-refractivity contribution in [1.29, 1.82) is 0 Å². The lowest BCUT2D eigenvalue weighted by molar-refractivity contribution is 0.567. The average molecular weight is 254 g/mol. The highest BCUT2D eigenvalue weighted by molar-refractivity contribution is 8.00. The first-order valence-electron chi connectivity index (χ1n) is 5.06. The molecule has 6 heteroatoms. The van der Waals surface area contributed by atoms with E-state index in [2.05, 4.69) is 10.0 Å². The second-order valence-electron chi connectivity index (χ2n) is 3.96. The fourth-order valence-corrected chi connectivity index (χ4v) is 2.26. The third-order valence-corrected chi connectivity index (χ3v) is 4.64. The second-order valence-corrected chi connectivity index (χ2v) is 7.40. The maximum Gasteiger partial charge on any atom is 0.212 e. The van der Waals surface area contributed by atoms with Gasteiger partial charge in [0, 0.05) is 17.8 Å². The number of nitrogens with one attached hydrogen (secondary N) is 2. The van der Waals surface area contributed by atoms with E-state index in [9.17, 15) is 8.42 Å². The summed E-state index contributed by atoms with van der Waals surface area (Å²) in [6.07, 6.45) is 1.98. The quantitative estimate of drug-likeness (QED) is 0.625. The van der Waals surface area contributed by atoms with E-state index in [1.54, 1.807) is 11.8 Å². The topological polar surface area (TPSA) is 58.2 Å². The van der Waals surface area contributed by atoms with Crippen LogP contribution < -0.4 is 10.0 Å². The van der Waals surface area contributed by atoms with Crippen LogP contribution in [0.2, 0.25) is 0 Å². The van der Waals surface area contributed by atoms with Crippen LogP contribution in [0.4, 0.5) is 0 Å². The van der Waals surface area contributed by atoms with E-state index in [1.165, 1.54) is 0 Å². The zero-order valence-corrected chi connectivity index (χ0v) is 11.6. The summed E-state index contributed by atoms with van der Waals surface area (Å²) in [6, 6.07) is 0. The van der Waals surface area contributed by atoms with Crippen molar-refractivity contribution in [3.8, 4) is 0 Å². The third kappa shape index (κ3) is 8.07. The van der Waals surface area contributed by atoms with Crippen molar-refractivity contribution in [2.24, 2.45) is 0 Å². The van der Waals surface area contributed by atoms with Crippen LogP contribution in [0.25, 0.3) is 0 Å². The molecule has 0 radical (unpaired) electrons. The average Bonchev–Trinajstić information content (AvgIpc) is 2.16. The summed E-state index contributed by atoms with van der Waals surface area (Å²) in [6.45, 7) is 7.77. The lowest BCUT2D eigenvalue weighted by Gasteiger charge is -2.22. The van der Waals surface area contributed by atoms with Gasteiger partial charge in [-0.3, -0.25) is 0 Å². The van der Waals surface area contributed by atoms with Crippen molar-refractivity contribution in [3.63, 3.8) is 0 Å². The zero-order chi connectivity index (χ0) is 11.9. The minimum Gasteiger partial charge on any atom is -0.316 e. The predicted octanol–water partition coefficient (Wildman–Crippen LogP) is 0.657. The minimum absolute atomic E-state index is 0.0503. The van der Waals surface area contributed by atoms with Crippen LogP contribution in [0.15, 0.2) is 0 Å². The number of hydrogen-bond acceptors (Lipinski definition) is 4. The van der Waals surface area contributed by atoms with E-state index in [0.717, 1.165) is 6.54 Å². The first-order valence-corrected chi connectivity index (χ1v) is 7.94. The molecule has 0 spiro atoms. The highest BCUT2D eigenvalue weighted by Crippen LogP contribution is 2.19. The molecule has 0 aliphatic heterocycles. The fraction of sp³-hybridized carbons (Fsp3) is 1.00. The van der Waals surface area contributed by atoms with Crippen molar-refractivity contribution in [1.82, 2.24) is 10.0 Å². The molecule has 0 aromatic rings. The van der Waals surface area contributed by atoms with Gasteiger partial charge in [0.2, 0.25) is 10.0 Å². The van der Waals surface area contributed by atoms with Crippen molar-refractivity contribution >= 4 is 21.8 Å². The molecule has 0 aliphatic carbocycles. The molecular weight excluding hydrogens is 232 g/mol. The van der Waals surface area contributed by atoms with Crippen LogP contribution in [0.5, 0.6) is 0 Å². The van der Waals surface area contributed by atoms with Crippen LogP contribution >= 0.6 is 11.8 Å². The summed E-state index contributed by atoms with van der Waals surface area (Å²) >= 11 is 1.65.